The second-order valence-corrected chi connectivity index (χ2v) is 7.60. The summed E-state index contributed by atoms with van der Waals surface area (Å²) in [4.78, 5) is 5.15. The van der Waals surface area contributed by atoms with Crippen molar-refractivity contribution in [3.8, 4) is 22.6 Å². The number of H-pyrrole nitrogens is 1. The molecule has 1 fully saturated rings. The van der Waals surface area contributed by atoms with Gasteiger partial charge in [0.15, 0.2) is 0 Å². The van der Waals surface area contributed by atoms with E-state index in [9.17, 15) is 0 Å². The normalized spacial score (nSPS) is 22.1. The molecule has 1 atom stereocenters. The van der Waals surface area contributed by atoms with Crippen LogP contribution in [0, 0.1) is 0 Å². The molecule has 8 heteroatoms. The second kappa shape index (κ2) is 6.23. The molecule has 1 N–H and O–H groups in total. The fraction of sp³-hybridized carbons (Fsp3) is 0.526. The van der Waals surface area contributed by atoms with E-state index in [4.69, 9.17) is 9.72 Å². The molecule has 0 radical (unpaired) electrons. The van der Waals surface area contributed by atoms with E-state index in [0.29, 0.717) is 5.82 Å². The number of rotatable bonds is 3. The predicted octanol–water partition coefficient (Wildman–Crippen LogP) is 2.57. The van der Waals surface area contributed by atoms with E-state index in [-0.39, 0.29) is 0 Å². The quantitative estimate of drug-likeness (QED) is 0.766. The summed E-state index contributed by atoms with van der Waals surface area (Å²) < 4.78 is 8.10. The number of nitrogens with zero attached hydrogens (tertiary/aromatic N) is 6. The van der Waals surface area contributed by atoms with Crippen LogP contribution in [0.5, 0.6) is 0 Å². The molecule has 1 aliphatic heterocycles. The van der Waals surface area contributed by atoms with E-state index in [1.165, 1.54) is 24.1 Å². The molecule has 5 rings (SSSR count). The zero-order valence-corrected chi connectivity index (χ0v) is 15.7. The summed E-state index contributed by atoms with van der Waals surface area (Å²) in [5.74, 6) is 0.568. The molecule has 2 aliphatic rings. The van der Waals surface area contributed by atoms with Crippen molar-refractivity contribution in [3.05, 3.63) is 29.2 Å². The van der Waals surface area contributed by atoms with Gasteiger partial charge < -0.3 is 4.74 Å². The van der Waals surface area contributed by atoms with Crippen molar-refractivity contribution >= 4 is 0 Å². The highest BCUT2D eigenvalue weighted by Gasteiger charge is 2.39. The van der Waals surface area contributed by atoms with Gasteiger partial charge >= 0.3 is 0 Å². The number of fused-ring (bicyclic) bond motifs is 1. The summed E-state index contributed by atoms with van der Waals surface area (Å²) in [7, 11) is 1.97. The van der Waals surface area contributed by atoms with Gasteiger partial charge in [-0.1, -0.05) is 0 Å². The van der Waals surface area contributed by atoms with E-state index in [0.717, 1.165) is 54.8 Å². The Morgan fingerprint density at radius 1 is 1.19 bits per heavy atom. The number of nitrogens with one attached hydrogen (secondary N) is 1. The van der Waals surface area contributed by atoms with Crippen molar-refractivity contribution in [1.82, 2.24) is 35.4 Å². The number of tetrazole rings is 1. The molecule has 1 saturated heterocycles. The Morgan fingerprint density at radius 2 is 2.07 bits per heavy atom. The Hall–Kier alpha value is -2.61. The first-order valence-corrected chi connectivity index (χ1v) is 9.60. The summed E-state index contributed by atoms with van der Waals surface area (Å²) in [6.07, 6.45) is 8.14. The molecule has 140 valence electrons. The molecule has 3 aromatic rings. The molecule has 1 unspecified atom stereocenters. The average Bonchev–Trinajstić information content (AvgIpc) is 3.43. The van der Waals surface area contributed by atoms with Crippen molar-refractivity contribution in [3.63, 3.8) is 0 Å². The third-order valence-electron chi connectivity index (χ3n) is 5.84. The molecule has 1 aliphatic carbocycles. The second-order valence-electron chi connectivity index (χ2n) is 7.60. The molecule has 0 spiro atoms. The van der Waals surface area contributed by atoms with Crippen LogP contribution in [-0.4, -0.2) is 42.0 Å². The maximum absolute atomic E-state index is 6.19. The molecule has 0 amide bonds. The lowest BCUT2D eigenvalue weighted by Gasteiger charge is -2.30. The van der Waals surface area contributed by atoms with Gasteiger partial charge in [-0.2, -0.15) is 10.3 Å². The topological polar surface area (TPSA) is 94.4 Å². The van der Waals surface area contributed by atoms with Gasteiger partial charge in [-0.15, -0.1) is 10.2 Å². The number of hydrogen-bond donors (Lipinski definition) is 1. The van der Waals surface area contributed by atoms with Crippen molar-refractivity contribution in [2.45, 2.75) is 51.0 Å². The summed E-state index contributed by atoms with van der Waals surface area (Å²) >= 11 is 0. The fourth-order valence-corrected chi connectivity index (χ4v) is 4.48. The first-order valence-electron chi connectivity index (χ1n) is 9.60. The Balaban J connectivity index is 1.88. The van der Waals surface area contributed by atoms with Crippen LogP contribution in [0.25, 0.3) is 22.6 Å². The number of aryl methyl sites for hydroxylation is 2. The minimum Gasteiger partial charge on any atom is -0.369 e. The van der Waals surface area contributed by atoms with Gasteiger partial charge in [0.25, 0.3) is 0 Å². The summed E-state index contributed by atoms with van der Waals surface area (Å²) in [5, 5.41) is 19.5. The van der Waals surface area contributed by atoms with Crippen LogP contribution in [-0.2, 0) is 30.2 Å². The lowest BCUT2D eigenvalue weighted by Crippen LogP contribution is -2.26. The van der Waals surface area contributed by atoms with Crippen molar-refractivity contribution in [1.29, 1.82) is 0 Å². The maximum Gasteiger partial charge on any atom is 0.207 e. The third kappa shape index (κ3) is 2.58. The van der Waals surface area contributed by atoms with Gasteiger partial charge in [-0.3, -0.25) is 9.67 Å². The first-order chi connectivity index (χ1) is 13.2. The van der Waals surface area contributed by atoms with E-state index in [2.05, 4.69) is 38.7 Å². The zero-order valence-electron chi connectivity index (χ0n) is 15.7. The molecule has 27 heavy (non-hydrogen) atoms. The zero-order chi connectivity index (χ0) is 18.4. The van der Waals surface area contributed by atoms with Gasteiger partial charge in [0.1, 0.15) is 5.60 Å². The van der Waals surface area contributed by atoms with Crippen LogP contribution in [0.2, 0.25) is 0 Å². The lowest BCUT2D eigenvalue weighted by atomic mass is 9.83. The molecule has 3 aromatic heterocycles. The molecule has 8 nitrogen and oxygen atoms in total. The van der Waals surface area contributed by atoms with Gasteiger partial charge in [0.2, 0.25) is 5.82 Å². The highest BCUT2D eigenvalue weighted by Crippen LogP contribution is 2.45. The van der Waals surface area contributed by atoms with Crippen LogP contribution >= 0.6 is 0 Å². The third-order valence-corrected chi connectivity index (χ3v) is 5.84. The lowest BCUT2D eigenvalue weighted by molar-refractivity contribution is 0.0135. The van der Waals surface area contributed by atoms with Gasteiger partial charge in [-0.25, -0.2) is 0 Å². The Kier molecular flexibility index (Phi) is 3.82. The maximum atomic E-state index is 6.19. The SMILES string of the molecule is Cn1nccc1-c1c2c(nc(C3(C)CCCO3)c1-c1nn[nH]n1)CCCC2. The van der Waals surface area contributed by atoms with Crippen LogP contribution in [0.1, 0.15) is 49.6 Å². The van der Waals surface area contributed by atoms with Gasteiger partial charge in [0, 0.05) is 31.1 Å². The number of ether oxygens (including phenoxy) is 1. The van der Waals surface area contributed by atoms with Gasteiger partial charge in [0.05, 0.1) is 17.0 Å². The average molecular weight is 365 g/mol. The Labute approximate surface area is 157 Å². The molecular weight excluding hydrogens is 342 g/mol. The standard InChI is InChI=1S/C19H23N7O/c1-19(9-5-11-27-19)17-16(18-22-24-25-23-18)15(14-8-10-20-26(14)2)12-6-3-4-7-13(12)21-17/h8,10H,3-7,9,11H2,1-2H3,(H,22,23,24,25). The Bertz CT molecular complexity index is 970. The predicted molar refractivity (Wildman–Crippen MR) is 98.8 cm³/mol. The van der Waals surface area contributed by atoms with Gasteiger partial charge in [-0.05, 0) is 62.3 Å². The van der Waals surface area contributed by atoms with E-state index in [1.54, 1.807) is 0 Å². The molecule has 4 heterocycles. The van der Waals surface area contributed by atoms with Crippen LogP contribution in [0.15, 0.2) is 12.3 Å². The monoisotopic (exact) mass is 365 g/mol. The largest absolute Gasteiger partial charge is 0.369 e. The highest BCUT2D eigenvalue weighted by molar-refractivity contribution is 5.84. The van der Waals surface area contributed by atoms with Crippen LogP contribution < -0.4 is 0 Å². The van der Waals surface area contributed by atoms with Crippen LogP contribution in [0.4, 0.5) is 0 Å². The summed E-state index contributed by atoms with van der Waals surface area (Å²) in [6, 6.07) is 2.05. The number of hydrogen-bond acceptors (Lipinski definition) is 6. The van der Waals surface area contributed by atoms with E-state index in [1.807, 2.05) is 17.9 Å². The molecule has 0 saturated carbocycles. The van der Waals surface area contributed by atoms with E-state index >= 15 is 0 Å². The molecular formula is C19H23N7O. The smallest absolute Gasteiger partial charge is 0.207 e. The van der Waals surface area contributed by atoms with E-state index < -0.39 is 5.60 Å². The van der Waals surface area contributed by atoms with Crippen molar-refractivity contribution in [2.75, 3.05) is 6.61 Å². The summed E-state index contributed by atoms with van der Waals surface area (Å²) in [5.41, 5.74) is 6.07. The van der Waals surface area contributed by atoms with Crippen molar-refractivity contribution < 1.29 is 4.74 Å². The highest BCUT2D eigenvalue weighted by atomic mass is 16.5. The first kappa shape index (κ1) is 16.6. The fourth-order valence-electron chi connectivity index (χ4n) is 4.48. The molecule has 0 bridgehead atoms. The number of pyridine rings is 1. The minimum atomic E-state index is -0.435. The minimum absolute atomic E-state index is 0.435. The van der Waals surface area contributed by atoms with Crippen LogP contribution in [0.3, 0.4) is 0 Å². The molecule has 0 aromatic carbocycles. The summed E-state index contributed by atoms with van der Waals surface area (Å²) in [6.45, 7) is 2.89. The number of aromatic amines is 1. The Morgan fingerprint density at radius 3 is 2.78 bits per heavy atom. The van der Waals surface area contributed by atoms with Crippen molar-refractivity contribution in [2.24, 2.45) is 7.05 Å². The number of aromatic nitrogens is 7.